The van der Waals surface area contributed by atoms with Gasteiger partial charge in [-0.2, -0.15) is 5.10 Å². The molecule has 0 aliphatic rings. The number of aromatic nitrogens is 2. The van der Waals surface area contributed by atoms with Crippen LogP contribution in [-0.4, -0.2) is 54.6 Å². The van der Waals surface area contributed by atoms with Crippen LogP contribution in [0.15, 0.2) is 0 Å². The van der Waals surface area contributed by atoms with Gasteiger partial charge in [-0.15, -0.1) is 0 Å². The average Bonchev–Trinajstić information content (AvgIpc) is 2.64. The summed E-state index contributed by atoms with van der Waals surface area (Å²) in [6.45, 7) is 8.08. The zero-order valence-corrected chi connectivity index (χ0v) is 13.5. The number of hydrogen-bond acceptors (Lipinski definition) is 5. The van der Waals surface area contributed by atoms with Gasteiger partial charge < -0.3 is 15.2 Å². The standard InChI is InChI=1S/C14H28N4O2/c1-10(2)20-8-7-17(4)12(9-15)13-11(3)16-18(5)14(13)19-6/h10,12H,7-9,15H2,1-6H3. The van der Waals surface area contributed by atoms with Crippen LogP contribution in [0.2, 0.25) is 0 Å². The molecule has 20 heavy (non-hydrogen) atoms. The molecule has 2 N–H and O–H groups in total. The summed E-state index contributed by atoms with van der Waals surface area (Å²) < 4.78 is 12.8. The first-order valence-electron chi connectivity index (χ1n) is 7.01. The molecule has 0 fully saturated rings. The molecule has 0 aliphatic carbocycles. The van der Waals surface area contributed by atoms with Crippen molar-refractivity contribution in [3.8, 4) is 5.88 Å². The summed E-state index contributed by atoms with van der Waals surface area (Å²) in [6, 6.07) is 0.0782. The molecular formula is C14H28N4O2. The van der Waals surface area contributed by atoms with E-state index in [9.17, 15) is 0 Å². The average molecular weight is 284 g/mol. The molecule has 0 radical (unpaired) electrons. The topological polar surface area (TPSA) is 65.5 Å². The van der Waals surface area contributed by atoms with E-state index in [-0.39, 0.29) is 12.1 Å². The van der Waals surface area contributed by atoms with Crippen molar-refractivity contribution >= 4 is 0 Å². The molecule has 0 spiro atoms. The van der Waals surface area contributed by atoms with E-state index in [0.29, 0.717) is 13.2 Å². The van der Waals surface area contributed by atoms with E-state index < -0.39 is 0 Å². The lowest BCUT2D eigenvalue weighted by Crippen LogP contribution is -2.34. The summed E-state index contributed by atoms with van der Waals surface area (Å²) in [5.41, 5.74) is 7.98. The third-order valence-electron chi connectivity index (χ3n) is 3.39. The summed E-state index contributed by atoms with van der Waals surface area (Å²) in [4.78, 5) is 2.19. The highest BCUT2D eigenvalue weighted by molar-refractivity contribution is 5.34. The summed E-state index contributed by atoms with van der Waals surface area (Å²) in [5, 5.41) is 4.42. The molecule has 1 heterocycles. The fraction of sp³-hybridized carbons (Fsp3) is 0.786. The molecule has 0 aliphatic heterocycles. The predicted octanol–water partition coefficient (Wildman–Crippen LogP) is 1.09. The molecule has 1 aromatic rings. The lowest BCUT2D eigenvalue weighted by atomic mass is 10.1. The van der Waals surface area contributed by atoms with E-state index >= 15 is 0 Å². The number of nitrogens with zero attached hydrogens (tertiary/aromatic N) is 3. The summed E-state index contributed by atoms with van der Waals surface area (Å²) in [5.74, 6) is 0.773. The Bertz CT molecular complexity index is 418. The molecule has 1 atom stereocenters. The zero-order valence-electron chi connectivity index (χ0n) is 13.5. The van der Waals surface area contributed by atoms with Crippen LogP contribution in [0, 0.1) is 6.92 Å². The van der Waals surface area contributed by atoms with E-state index in [0.717, 1.165) is 23.7 Å². The predicted molar refractivity (Wildman–Crippen MR) is 80.0 cm³/mol. The molecule has 0 amide bonds. The first-order valence-corrected chi connectivity index (χ1v) is 7.01. The minimum absolute atomic E-state index is 0.0782. The van der Waals surface area contributed by atoms with Gasteiger partial charge in [0.2, 0.25) is 5.88 Å². The third-order valence-corrected chi connectivity index (χ3v) is 3.39. The maximum Gasteiger partial charge on any atom is 0.216 e. The summed E-state index contributed by atoms with van der Waals surface area (Å²) in [7, 11) is 5.59. The second kappa shape index (κ2) is 7.61. The van der Waals surface area contributed by atoms with Gasteiger partial charge in [-0.05, 0) is 27.8 Å². The quantitative estimate of drug-likeness (QED) is 0.774. The van der Waals surface area contributed by atoms with Crippen LogP contribution >= 0.6 is 0 Å². The highest BCUT2D eigenvalue weighted by atomic mass is 16.5. The highest BCUT2D eigenvalue weighted by Gasteiger charge is 2.25. The summed E-state index contributed by atoms with van der Waals surface area (Å²) >= 11 is 0. The molecule has 1 unspecified atom stereocenters. The van der Waals surface area contributed by atoms with Crippen LogP contribution in [0.5, 0.6) is 5.88 Å². The molecule has 6 nitrogen and oxygen atoms in total. The van der Waals surface area contributed by atoms with E-state index in [1.165, 1.54) is 0 Å². The fourth-order valence-electron chi connectivity index (χ4n) is 2.39. The van der Waals surface area contributed by atoms with Gasteiger partial charge in [0, 0.05) is 20.1 Å². The van der Waals surface area contributed by atoms with Gasteiger partial charge in [0.1, 0.15) is 0 Å². The van der Waals surface area contributed by atoms with Crippen molar-refractivity contribution in [1.29, 1.82) is 0 Å². The largest absolute Gasteiger partial charge is 0.481 e. The highest BCUT2D eigenvalue weighted by Crippen LogP contribution is 2.30. The number of ether oxygens (including phenoxy) is 2. The summed E-state index contributed by atoms with van der Waals surface area (Å²) in [6.07, 6.45) is 0.245. The van der Waals surface area contributed by atoms with Gasteiger partial charge in [-0.3, -0.25) is 4.90 Å². The SMILES string of the molecule is COc1c(C(CN)N(C)CCOC(C)C)c(C)nn1C. The van der Waals surface area contributed by atoms with Crippen LogP contribution in [-0.2, 0) is 11.8 Å². The van der Waals surface area contributed by atoms with Crippen molar-refractivity contribution in [3.05, 3.63) is 11.3 Å². The van der Waals surface area contributed by atoms with Gasteiger partial charge in [-0.25, -0.2) is 4.68 Å². The molecule has 0 aromatic carbocycles. The zero-order chi connectivity index (χ0) is 15.3. The monoisotopic (exact) mass is 284 g/mol. The van der Waals surface area contributed by atoms with E-state index in [4.69, 9.17) is 15.2 Å². The van der Waals surface area contributed by atoms with Crippen LogP contribution < -0.4 is 10.5 Å². The van der Waals surface area contributed by atoms with Crippen molar-refractivity contribution in [2.24, 2.45) is 12.8 Å². The molecular weight excluding hydrogens is 256 g/mol. The Kier molecular flexibility index (Phi) is 6.45. The van der Waals surface area contributed by atoms with Crippen LogP contribution in [0.25, 0.3) is 0 Å². The van der Waals surface area contributed by atoms with Gasteiger partial charge in [0.05, 0.1) is 37.1 Å². The van der Waals surface area contributed by atoms with Crippen molar-refractivity contribution in [2.75, 3.05) is 33.9 Å². The smallest absolute Gasteiger partial charge is 0.216 e. The number of rotatable bonds is 8. The van der Waals surface area contributed by atoms with Crippen LogP contribution in [0.1, 0.15) is 31.1 Å². The maximum atomic E-state index is 5.96. The van der Waals surface area contributed by atoms with Gasteiger partial charge >= 0.3 is 0 Å². The van der Waals surface area contributed by atoms with Gasteiger partial charge in [0.15, 0.2) is 0 Å². The van der Waals surface area contributed by atoms with Crippen molar-refractivity contribution in [2.45, 2.75) is 32.9 Å². The normalized spacial score (nSPS) is 13.2. The van der Waals surface area contributed by atoms with Crippen molar-refractivity contribution < 1.29 is 9.47 Å². The first kappa shape index (κ1) is 16.9. The Morgan fingerprint density at radius 1 is 1.40 bits per heavy atom. The Hall–Kier alpha value is -1.11. The first-order chi connectivity index (χ1) is 9.42. The van der Waals surface area contributed by atoms with Gasteiger partial charge in [0.25, 0.3) is 0 Å². The molecule has 1 aromatic heterocycles. The molecule has 0 saturated carbocycles. The third kappa shape index (κ3) is 3.94. The fourth-order valence-corrected chi connectivity index (χ4v) is 2.39. The number of likely N-dealkylation sites (N-methyl/N-ethyl adjacent to an activating group) is 1. The van der Waals surface area contributed by atoms with Gasteiger partial charge in [-0.1, -0.05) is 0 Å². The lowest BCUT2D eigenvalue weighted by Gasteiger charge is -2.27. The Labute approximate surface area is 121 Å². The molecule has 6 heteroatoms. The van der Waals surface area contributed by atoms with E-state index in [2.05, 4.69) is 10.00 Å². The second-order valence-electron chi connectivity index (χ2n) is 5.28. The molecule has 1 rings (SSSR count). The van der Waals surface area contributed by atoms with Crippen molar-refractivity contribution in [3.63, 3.8) is 0 Å². The number of hydrogen-bond donors (Lipinski definition) is 1. The minimum atomic E-state index is 0.0782. The van der Waals surface area contributed by atoms with E-state index in [1.807, 2.05) is 34.9 Å². The van der Waals surface area contributed by atoms with Crippen LogP contribution in [0.4, 0.5) is 0 Å². The van der Waals surface area contributed by atoms with Crippen molar-refractivity contribution in [1.82, 2.24) is 14.7 Å². The number of methoxy groups -OCH3 is 1. The van der Waals surface area contributed by atoms with Crippen LogP contribution in [0.3, 0.4) is 0 Å². The second-order valence-corrected chi connectivity index (χ2v) is 5.28. The number of nitrogens with two attached hydrogens (primary N) is 1. The Balaban J connectivity index is 2.84. The lowest BCUT2D eigenvalue weighted by molar-refractivity contribution is 0.0561. The molecule has 0 bridgehead atoms. The van der Waals surface area contributed by atoms with E-state index in [1.54, 1.807) is 11.8 Å². The molecule has 0 saturated heterocycles. The Morgan fingerprint density at radius 3 is 2.55 bits per heavy atom. The molecule has 116 valence electrons. The number of aryl methyl sites for hydroxylation is 2. The maximum absolute atomic E-state index is 5.96. The Morgan fingerprint density at radius 2 is 2.05 bits per heavy atom. The minimum Gasteiger partial charge on any atom is -0.481 e.